The first-order valence-electron chi connectivity index (χ1n) is 6.92. The molecular formula is C13H24O5S2. The number of aliphatic hydroxyl groups excluding tert-OH is 3. The molecule has 1 atom stereocenters. The van der Waals surface area contributed by atoms with Crippen molar-refractivity contribution in [3.8, 4) is 0 Å². The standard InChI is InChI=1S/C13H24O5S2/c14-7-13(8-15,9-16)10-18-12(17)4-2-1-3-11-5-6-19-20-11/h11,14-16H,1-10H2. The van der Waals surface area contributed by atoms with Gasteiger partial charge in [0.05, 0.1) is 25.2 Å². The van der Waals surface area contributed by atoms with E-state index in [1.807, 2.05) is 21.6 Å². The van der Waals surface area contributed by atoms with Crippen LogP contribution in [0.1, 0.15) is 32.1 Å². The summed E-state index contributed by atoms with van der Waals surface area (Å²) >= 11 is 0. The number of ether oxygens (including phenoxy) is 1. The molecule has 1 aliphatic heterocycles. The summed E-state index contributed by atoms with van der Waals surface area (Å²) in [7, 11) is 3.86. The fourth-order valence-corrected chi connectivity index (χ4v) is 4.83. The van der Waals surface area contributed by atoms with Gasteiger partial charge < -0.3 is 20.1 Å². The molecule has 1 unspecified atom stereocenters. The van der Waals surface area contributed by atoms with Gasteiger partial charge in [0.15, 0.2) is 0 Å². The normalized spacial score (nSPS) is 19.2. The first-order valence-corrected chi connectivity index (χ1v) is 9.30. The van der Waals surface area contributed by atoms with Gasteiger partial charge in [-0.2, -0.15) is 0 Å². The average Bonchev–Trinajstić information content (AvgIpc) is 2.99. The van der Waals surface area contributed by atoms with Crippen molar-refractivity contribution in [2.75, 3.05) is 32.2 Å². The van der Waals surface area contributed by atoms with Crippen LogP contribution < -0.4 is 0 Å². The minimum Gasteiger partial charge on any atom is -0.465 e. The average molecular weight is 324 g/mol. The van der Waals surface area contributed by atoms with Crippen LogP contribution >= 0.6 is 21.6 Å². The summed E-state index contributed by atoms with van der Waals surface area (Å²) in [4.78, 5) is 11.6. The van der Waals surface area contributed by atoms with Crippen molar-refractivity contribution < 1.29 is 24.9 Å². The van der Waals surface area contributed by atoms with Crippen LogP contribution in [0.15, 0.2) is 0 Å². The monoisotopic (exact) mass is 324 g/mol. The zero-order valence-corrected chi connectivity index (χ0v) is 13.3. The van der Waals surface area contributed by atoms with Crippen LogP contribution in [-0.2, 0) is 9.53 Å². The smallest absolute Gasteiger partial charge is 0.305 e. The number of hydrogen-bond donors (Lipinski definition) is 3. The van der Waals surface area contributed by atoms with Gasteiger partial charge in [-0.1, -0.05) is 28.0 Å². The predicted molar refractivity (Wildman–Crippen MR) is 81.6 cm³/mol. The quantitative estimate of drug-likeness (QED) is 0.316. The van der Waals surface area contributed by atoms with E-state index in [1.165, 1.54) is 12.2 Å². The Morgan fingerprint density at radius 3 is 2.45 bits per heavy atom. The lowest BCUT2D eigenvalue weighted by atomic mass is 9.93. The van der Waals surface area contributed by atoms with E-state index in [0.717, 1.165) is 24.5 Å². The lowest BCUT2D eigenvalue weighted by Crippen LogP contribution is -2.39. The van der Waals surface area contributed by atoms with Crippen molar-refractivity contribution >= 4 is 27.6 Å². The maximum Gasteiger partial charge on any atom is 0.305 e. The lowest BCUT2D eigenvalue weighted by Gasteiger charge is -2.26. The van der Waals surface area contributed by atoms with Crippen LogP contribution in [0.25, 0.3) is 0 Å². The summed E-state index contributed by atoms with van der Waals surface area (Å²) in [6, 6.07) is 0. The first kappa shape index (κ1) is 18.1. The lowest BCUT2D eigenvalue weighted by molar-refractivity contribution is -0.151. The predicted octanol–water partition coefficient (Wildman–Crippen LogP) is 1.21. The van der Waals surface area contributed by atoms with E-state index >= 15 is 0 Å². The molecule has 0 radical (unpaired) electrons. The summed E-state index contributed by atoms with van der Waals surface area (Å²) < 4.78 is 5.02. The topological polar surface area (TPSA) is 87.0 Å². The summed E-state index contributed by atoms with van der Waals surface area (Å²) in [5, 5.41) is 28.1. The van der Waals surface area contributed by atoms with E-state index in [-0.39, 0.29) is 12.6 Å². The summed E-state index contributed by atoms with van der Waals surface area (Å²) in [6.45, 7) is -1.39. The van der Waals surface area contributed by atoms with Gasteiger partial charge in [-0.3, -0.25) is 4.79 Å². The molecule has 0 bridgehead atoms. The highest BCUT2D eigenvalue weighted by Crippen LogP contribution is 2.39. The van der Waals surface area contributed by atoms with E-state index in [4.69, 9.17) is 20.1 Å². The molecular weight excluding hydrogens is 300 g/mol. The van der Waals surface area contributed by atoms with Crippen LogP contribution in [0.3, 0.4) is 0 Å². The molecule has 0 aliphatic carbocycles. The Morgan fingerprint density at radius 1 is 1.20 bits per heavy atom. The number of aliphatic hydroxyl groups is 3. The van der Waals surface area contributed by atoms with Crippen LogP contribution in [0.2, 0.25) is 0 Å². The molecule has 1 aliphatic rings. The third-order valence-electron chi connectivity index (χ3n) is 3.43. The molecule has 0 aromatic carbocycles. The molecule has 0 amide bonds. The molecule has 7 heteroatoms. The van der Waals surface area contributed by atoms with Crippen molar-refractivity contribution in [2.45, 2.75) is 37.4 Å². The van der Waals surface area contributed by atoms with Crippen LogP contribution in [-0.4, -0.2) is 58.7 Å². The Morgan fingerprint density at radius 2 is 1.90 bits per heavy atom. The number of unbranched alkanes of at least 4 members (excludes halogenated alkanes) is 1. The third kappa shape index (κ3) is 6.22. The summed E-state index contributed by atoms with van der Waals surface area (Å²) in [5.41, 5.74) is -1.13. The van der Waals surface area contributed by atoms with Gasteiger partial charge in [-0.05, 0) is 19.3 Å². The SMILES string of the molecule is O=C(CCCCC1CCSS1)OCC(CO)(CO)CO. The van der Waals surface area contributed by atoms with Crippen molar-refractivity contribution in [3.05, 3.63) is 0 Å². The van der Waals surface area contributed by atoms with Gasteiger partial charge >= 0.3 is 5.97 Å². The number of esters is 1. The molecule has 3 N–H and O–H groups in total. The van der Waals surface area contributed by atoms with Crippen molar-refractivity contribution in [2.24, 2.45) is 5.41 Å². The van der Waals surface area contributed by atoms with E-state index in [1.54, 1.807) is 0 Å². The molecule has 5 nitrogen and oxygen atoms in total. The molecule has 1 rings (SSSR count). The van der Waals surface area contributed by atoms with Gasteiger partial charge in [-0.25, -0.2) is 0 Å². The molecule has 1 fully saturated rings. The minimum atomic E-state index is -1.13. The number of rotatable bonds is 10. The number of carbonyl (C=O) groups is 1. The van der Waals surface area contributed by atoms with Crippen LogP contribution in [0, 0.1) is 5.41 Å². The highest BCUT2D eigenvalue weighted by Gasteiger charge is 2.30. The Balaban J connectivity index is 2.10. The third-order valence-corrected chi connectivity index (χ3v) is 6.44. The van der Waals surface area contributed by atoms with Crippen molar-refractivity contribution in [3.63, 3.8) is 0 Å². The number of carbonyl (C=O) groups excluding carboxylic acids is 1. The van der Waals surface area contributed by atoms with Gasteiger partial charge in [0.1, 0.15) is 6.61 Å². The second-order valence-electron chi connectivity index (χ2n) is 5.21. The second kappa shape index (κ2) is 9.89. The van der Waals surface area contributed by atoms with Gasteiger partial charge in [-0.15, -0.1) is 0 Å². The highest BCUT2D eigenvalue weighted by atomic mass is 33.1. The second-order valence-corrected chi connectivity index (χ2v) is 8.00. The number of hydrogen-bond acceptors (Lipinski definition) is 7. The van der Waals surface area contributed by atoms with E-state index < -0.39 is 25.2 Å². The summed E-state index contributed by atoms with van der Waals surface area (Å²) in [6.07, 6.45) is 4.55. The molecule has 1 heterocycles. The zero-order chi connectivity index (χ0) is 14.8. The molecule has 1 saturated heterocycles. The highest BCUT2D eigenvalue weighted by molar-refractivity contribution is 8.77. The Kier molecular flexibility index (Phi) is 8.95. The Bertz CT molecular complexity index is 270. The minimum absolute atomic E-state index is 0.148. The Labute approximate surface area is 127 Å². The van der Waals surface area contributed by atoms with Gasteiger partial charge in [0, 0.05) is 17.4 Å². The maximum absolute atomic E-state index is 11.6. The van der Waals surface area contributed by atoms with Crippen LogP contribution in [0.5, 0.6) is 0 Å². The van der Waals surface area contributed by atoms with E-state index in [0.29, 0.717) is 6.42 Å². The molecule has 20 heavy (non-hydrogen) atoms. The van der Waals surface area contributed by atoms with Crippen molar-refractivity contribution in [1.29, 1.82) is 0 Å². The van der Waals surface area contributed by atoms with Crippen molar-refractivity contribution in [1.82, 2.24) is 0 Å². The first-order chi connectivity index (χ1) is 9.65. The molecule has 0 aromatic heterocycles. The largest absolute Gasteiger partial charge is 0.465 e. The molecule has 0 spiro atoms. The van der Waals surface area contributed by atoms with Crippen LogP contribution in [0.4, 0.5) is 0 Å². The fraction of sp³-hybridized carbons (Fsp3) is 0.923. The Hall–Kier alpha value is 0.0500. The molecule has 0 saturated carbocycles. The van der Waals surface area contributed by atoms with Gasteiger partial charge in [0.25, 0.3) is 0 Å². The molecule has 118 valence electrons. The zero-order valence-electron chi connectivity index (χ0n) is 11.6. The van der Waals surface area contributed by atoms with E-state index in [9.17, 15) is 4.79 Å². The van der Waals surface area contributed by atoms with Gasteiger partial charge in [0.2, 0.25) is 0 Å². The van der Waals surface area contributed by atoms with E-state index in [2.05, 4.69) is 0 Å². The fourth-order valence-electron chi connectivity index (χ4n) is 1.80. The molecule has 0 aromatic rings. The summed E-state index contributed by atoms with van der Waals surface area (Å²) in [5.74, 6) is 0.890. The maximum atomic E-state index is 11.6.